The fourth-order valence-corrected chi connectivity index (χ4v) is 4.76. The van der Waals surface area contributed by atoms with Crippen LogP contribution in [0.3, 0.4) is 0 Å². The highest BCUT2D eigenvalue weighted by Gasteiger charge is 2.29. The van der Waals surface area contributed by atoms with Gasteiger partial charge in [0.25, 0.3) is 0 Å². The van der Waals surface area contributed by atoms with E-state index in [4.69, 9.17) is 9.97 Å². The van der Waals surface area contributed by atoms with Gasteiger partial charge in [-0.1, -0.05) is 12.1 Å². The first-order valence-electron chi connectivity index (χ1n) is 10.1. The Bertz CT molecular complexity index is 1140. The molecule has 0 aliphatic heterocycles. The molecule has 30 heavy (non-hydrogen) atoms. The Labute approximate surface area is 178 Å². The van der Waals surface area contributed by atoms with E-state index in [-0.39, 0.29) is 6.04 Å². The van der Waals surface area contributed by atoms with Gasteiger partial charge in [0.15, 0.2) is 0 Å². The van der Waals surface area contributed by atoms with Crippen molar-refractivity contribution in [2.45, 2.75) is 38.3 Å². The van der Waals surface area contributed by atoms with Crippen LogP contribution in [0.5, 0.6) is 0 Å². The van der Waals surface area contributed by atoms with E-state index in [9.17, 15) is 10.4 Å². The van der Waals surface area contributed by atoms with E-state index in [0.717, 1.165) is 33.0 Å². The van der Waals surface area contributed by atoms with Crippen molar-refractivity contribution >= 4 is 33.3 Å². The van der Waals surface area contributed by atoms with E-state index >= 15 is 0 Å². The van der Waals surface area contributed by atoms with E-state index < -0.39 is 6.10 Å². The highest BCUT2D eigenvalue weighted by Crippen LogP contribution is 2.37. The van der Waals surface area contributed by atoms with Gasteiger partial charge in [-0.3, -0.25) is 0 Å². The van der Waals surface area contributed by atoms with Crippen LogP contribution < -0.4 is 10.6 Å². The molecule has 3 aromatic rings. The summed E-state index contributed by atoms with van der Waals surface area (Å²) in [6, 6.07) is 9.86. The number of anilines is 2. The van der Waals surface area contributed by atoms with Gasteiger partial charge in [-0.15, -0.1) is 11.3 Å². The van der Waals surface area contributed by atoms with Gasteiger partial charge in [0.1, 0.15) is 10.8 Å². The SMILES string of the molecule is Cc1nc(NCC2CC2)nc(N[C@@H]2CC(C#N)=C[C@H]2O)c1-c1nc2ccccc2s1. The van der Waals surface area contributed by atoms with Crippen LogP contribution in [0.15, 0.2) is 35.9 Å². The fraction of sp³-hybridized carbons (Fsp3) is 0.364. The lowest BCUT2D eigenvalue weighted by atomic mass is 10.1. The van der Waals surface area contributed by atoms with Crippen molar-refractivity contribution in [2.24, 2.45) is 5.92 Å². The van der Waals surface area contributed by atoms with Gasteiger partial charge in [-0.2, -0.15) is 10.2 Å². The van der Waals surface area contributed by atoms with Crippen LogP contribution in [0, 0.1) is 24.2 Å². The number of aliphatic hydroxyl groups excluding tert-OH is 1. The zero-order chi connectivity index (χ0) is 20.7. The van der Waals surface area contributed by atoms with Crippen molar-refractivity contribution in [3.05, 3.63) is 41.6 Å². The van der Waals surface area contributed by atoms with Crippen LogP contribution in [0.2, 0.25) is 0 Å². The second-order valence-corrected chi connectivity index (χ2v) is 8.95. The average molecular weight is 419 g/mol. The molecular formula is C22H22N6OS. The molecule has 2 aliphatic carbocycles. The Morgan fingerprint density at radius 3 is 2.80 bits per heavy atom. The second kappa shape index (κ2) is 7.67. The Morgan fingerprint density at radius 1 is 1.23 bits per heavy atom. The maximum atomic E-state index is 10.4. The summed E-state index contributed by atoms with van der Waals surface area (Å²) in [5.74, 6) is 1.91. The molecule has 0 bridgehead atoms. The van der Waals surface area contributed by atoms with Crippen molar-refractivity contribution in [2.75, 3.05) is 17.2 Å². The molecule has 0 amide bonds. The first-order valence-corrected chi connectivity index (χ1v) is 11.0. The number of para-hydroxylation sites is 1. The molecule has 3 N–H and O–H groups in total. The Kier molecular flexibility index (Phi) is 4.85. The summed E-state index contributed by atoms with van der Waals surface area (Å²) in [4.78, 5) is 14.2. The molecule has 1 fully saturated rings. The molecule has 2 aliphatic rings. The number of aromatic nitrogens is 3. The highest BCUT2D eigenvalue weighted by molar-refractivity contribution is 7.21. The summed E-state index contributed by atoms with van der Waals surface area (Å²) >= 11 is 1.60. The monoisotopic (exact) mass is 418 g/mol. The Morgan fingerprint density at radius 2 is 2.07 bits per heavy atom. The van der Waals surface area contributed by atoms with Crippen LogP contribution in [0.4, 0.5) is 11.8 Å². The van der Waals surface area contributed by atoms with E-state index in [2.05, 4.69) is 27.8 Å². The molecule has 0 radical (unpaired) electrons. The molecule has 8 heteroatoms. The molecule has 1 saturated carbocycles. The summed E-state index contributed by atoms with van der Waals surface area (Å²) < 4.78 is 1.10. The summed E-state index contributed by atoms with van der Waals surface area (Å²) in [6.07, 6.45) is 3.83. The lowest BCUT2D eigenvalue weighted by molar-refractivity contribution is 0.209. The molecule has 2 atom stereocenters. The van der Waals surface area contributed by atoms with Gasteiger partial charge >= 0.3 is 0 Å². The smallest absolute Gasteiger partial charge is 0.224 e. The summed E-state index contributed by atoms with van der Waals surface area (Å²) in [5.41, 5.74) is 3.18. The number of fused-ring (bicyclic) bond motifs is 1. The predicted molar refractivity (Wildman–Crippen MR) is 118 cm³/mol. The predicted octanol–water partition coefficient (Wildman–Crippen LogP) is 3.88. The summed E-state index contributed by atoms with van der Waals surface area (Å²) in [6.45, 7) is 2.83. The number of aliphatic hydroxyl groups is 1. The summed E-state index contributed by atoms with van der Waals surface area (Å²) in [5, 5.41) is 27.1. The normalized spacial score (nSPS) is 20.8. The minimum absolute atomic E-state index is 0.307. The van der Waals surface area contributed by atoms with Crippen LogP contribution >= 0.6 is 11.3 Å². The maximum Gasteiger partial charge on any atom is 0.224 e. The van der Waals surface area contributed by atoms with Crippen LogP contribution in [0.1, 0.15) is 25.0 Å². The van der Waals surface area contributed by atoms with Gasteiger partial charge in [-0.05, 0) is 43.9 Å². The number of aryl methyl sites for hydroxylation is 1. The van der Waals surface area contributed by atoms with Gasteiger partial charge in [-0.25, -0.2) is 9.97 Å². The third-order valence-electron chi connectivity index (χ3n) is 5.53. The number of hydrogen-bond acceptors (Lipinski definition) is 8. The van der Waals surface area contributed by atoms with Gasteiger partial charge < -0.3 is 15.7 Å². The summed E-state index contributed by atoms with van der Waals surface area (Å²) in [7, 11) is 0. The molecule has 5 rings (SSSR count). The van der Waals surface area contributed by atoms with Crippen LogP contribution in [-0.2, 0) is 0 Å². The van der Waals surface area contributed by atoms with Gasteiger partial charge in [0.2, 0.25) is 5.95 Å². The molecule has 0 unspecified atom stereocenters. The molecule has 0 saturated heterocycles. The number of nitrogens with one attached hydrogen (secondary N) is 2. The molecule has 7 nitrogen and oxygen atoms in total. The van der Waals surface area contributed by atoms with Gasteiger partial charge in [0, 0.05) is 18.5 Å². The zero-order valence-electron chi connectivity index (χ0n) is 16.6. The zero-order valence-corrected chi connectivity index (χ0v) is 17.4. The second-order valence-electron chi connectivity index (χ2n) is 7.92. The van der Waals surface area contributed by atoms with Crippen molar-refractivity contribution < 1.29 is 5.11 Å². The minimum Gasteiger partial charge on any atom is -0.387 e. The average Bonchev–Trinajstić information content (AvgIpc) is 3.36. The molecule has 0 spiro atoms. The lowest BCUT2D eigenvalue weighted by Crippen LogP contribution is -2.29. The number of rotatable bonds is 6. The lowest BCUT2D eigenvalue weighted by Gasteiger charge is -2.20. The molecule has 2 heterocycles. The number of hydrogen-bond donors (Lipinski definition) is 3. The van der Waals surface area contributed by atoms with E-state index in [0.29, 0.717) is 29.7 Å². The standard InChI is InChI=1S/C22H22N6OS/c1-12-19(21-27-15-4-2-3-5-18(15)30-21)20(26-16-8-14(10-23)9-17(16)29)28-22(25-12)24-11-13-6-7-13/h2-5,9,13,16-17,29H,6-8,11H2,1H3,(H2,24,25,26,28)/t16-,17-/m1/s1. The number of nitriles is 1. The quantitative estimate of drug-likeness (QED) is 0.558. The topological polar surface area (TPSA) is 107 Å². The van der Waals surface area contributed by atoms with Crippen molar-refractivity contribution in [1.29, 1.82) is 5.26 Å². The number of thiazole rings is 1. The highest BCUT2D eigenvalue weighted by atomic mass is 32.1. The first-order chi connectivity index (χ1) is 14.6. The van der Waals surface area contributed by atoms with E-state index in [1.165, 1.54) is 12.8 Å². The van der Waals surface area contributed by atoms with E-state index in [1.54, 1.807) is 17.4 Å². The van der Waals surface area contributed by atoms with Crippen LogP contribution in [0.25, 0.3) is 20.8 Å². The van der Waals surface area contributed by atoms with E-state index in [1.807, 2.05) is 25.1 Å². The Hall–Kier alpha value is -3.02. The molecular weight excluding hydrogens is 396 g/mol. The minimum atomic E-state index is -0.735. The van der Waals surface area contributed by atoms with Crippen LogP contribution in [-0.4, -0.2) is 38.7 Å². The third-order valence-corrected chi connectivity index (χ3v) is 6.59. The molecule has 2 aromatic heterocycles. The number of nitrogens with zero attached hydrogens (tertiary/aromatic N) is 4. The number of benzene rings is 1. The van der Waals surface area contributed by atoms with Crippen molar-refractivity contribution in [3.8, 4) is 16.6 Å². The fourth-order valence-electron chi connectivity index (χ4n) is 3.69. The molecule has 1 aromatic carbocycles. The third kappa shape index (κ3) is 3.74. The van der Waals surface area contributed by atoms with Gasteiger partial charge in [0.05, 0.1) is 39.7 Å². The molecule has 152 valence electrons. The maximum absolute atomic E-state index is 10.4. The Balaban J connectivity index is 1.53. The van der Waals surface area contributed by atoms with Crippen molar-refractivity contribution in [1.82, 2.24) is 15.0 Å². The van der Waals surface area contributed by atoms with Crippen molar-refractivity contribution in [3.63, 3.8) is 0 Å². The largest absolute Gasteiger partial charge is 0.387 e. The first kappa shape index (κ1) is 19.0.